The van der Waals surface area contributed by atoms with E-state index in [0.29, 0.717) is 5.56 Å². The second-order valence-corrected chi connectivity index (χ2v) is 3.22. The molecule has 0 saturated carbocycles. The van der Waals surface area contributed by atoms with E-state index in [9.17, 15) is 9.18 Å². The Morgan fingerprint density at radius 1 is 1.58 bits per heavy atom. The fraction of sp³-hybridized carbons (Fsp3) is 0.125. The van der Waals surface area contributed by atoms with Crippen LogP contribution in [0.2, 0.25) is 5.02 Å². The number of hydrogen-bond acceptors (Lipinski definition) is 1. The van der Waals surface area contributed by atoms with Crippen molar-refractivity contribution in [2.24, 2.45) is 0 Å². The van der Waals surface area contributed by atoms with E-state index in [1.807, 2.05) is 0 Å². The summed E-state index contributed by atoms with van der Waals surface area (Å²) in [4.78, 5) is 10.5. The third kappa shape index (κ3) is 2.50. The lowest BCUT2D eigenvalue weighted by Gasteiger charge is -1.98. The van der Waals surface area contributed by atoms with Crippen LogP contribution in [0.3, 0.4) is 0 Å². The number of benzene rings is 1. The minimum absolute atomic E-state index is 0.0297. The van der Waals surface area contributed by atoms with Crippen LogP contribution in [0.1, 0.15) is 5.56 Å². The molecule has 0 aliphatic carbocycles. The van der Waals surface area contributed by atoms with Crippen LogP contribution in [0.5, 0.6) is 0 Å². The first-order chi connectivity index (χ1) is 5.59. The molecule has 0 atom stereocenters. The smallest absolute Gasteiger partial charge is 0.190 e. The fourth-order valence-electron chi connectivity index (χ4n) is 0.824. The molecule has 64 valence electrons. The molecule has 0 aliphatic heterocycles. The Morgan fingerprint density at radius 2 is 2.25 bits per heavy atom. The predicted molar refractivity (Wildman–Crippen MR) is 49.1 cm³/mol. The Bertz CT molecular complexity index is 314. The van der Waals surface area contributed by atoms with Crippen LogP contribution in [0.4, 0.5) is 4.39 Å². The van der Waals surface area contributed by atoms with Crippen molar-refractivity contribution in [2.75, 3.05) is 0 Å². The van der Waals surface area contributed by atoms with Gasteiger partial charge in [0.15, 0.2) is 5.12 Å². The first kappa shape index (κ1) is 9.55. The van der Waals surface area contributed by atoms with Crippen molar-refractivity contribution in [3.63, 3.8) is 0 Å². The molecule has 0 spiro atoms. The van der Waals surface area contributed by atoms with Gasteiger partial charge >= 0.3 is 0 Å². The molecular formula is C8H6ClFOS. The summed E-state index contributed by atoms with van der Waals surface area (Å²) in [6.45, 7) is 0. The number of hydrogen-bond donors (Lipinski definition) is 1. The second kappa shape index (κ2) is 3.92. The van der Waals surface area contributed by atoms with Crippen LogP contribution < -0.4 is 0 Å². The van der Waals surface area contributed by atoms with Gasteiger partial charge in [-0.15, -0.1) is 12.6 Å². The molecule has 0 N–H and O–H groups in total. The zero-order chi connectivity index (χ0) is 9.14. The van der Waals surface area contributed by atoms with Crippen molar-refractivity contribution in [3.05, 3.63) is 34.6 Å². The van der Waals surface area contributed by atoms with Crippen LogP contribution in [0.15, 0.2) is 18.2 Å². The van der Waals surface area contributed by atoms with Crippen LogP contribution in [0.25, 0.3) is 0 Å². The summed E-state index contributed by atoms with van der Waals surface area (Å²) in [6, 6.07) is 4.16. The summed E-state index contributed by atoms with van der Waals surface area (Å²) in [5, 5.41) is -0.236. The summed E-state index contributed by atoms with van der Waals surface area (Å²) in [5.41, 5.74) is 0.668. The lowest BCUT2D eigenvalue weighted by atomic mass is 10.2. The summed E-state index contributed by atoms with van der Waals surface area (Å²) in [6.07, 6.45) is 0.170. The van der Waals surface area contributed by atoms with Crippen molar-refractivity contribution in [3.8, 4) is 0 Å². The lowest BCUT2D eigenvalue weighted by Crippen LogP contribution is -1.93. The Labute approximate surface area is 79.9 Å². The van der Waals surface area contributed by atoms with E-state index in [-0.39, 0.29) is 16.6 Å². The molecule has 1 nitrogen and oxygen atoms in total. The summed E-state index contributed by atoms with van der Waals surface area (Å²) >= 11 is 9.08. The Balaban J connectivity index is 2.89. The van der Waals surface area contributed by atoms with Crippen molar-refractivity contribution >= 4 is 29.3 Å². The van der Waals surface area contributed by atoms with Gasteiger partial charge in [0.1, 0.15) is 5.82 Å². The Kier molecular flexibility index (Phi) is 3.12. The average molecular weight is 205 g/mol. The van der Waals surface area contributed by atoms with Crippen molar-refractivity contribution < 1.29 is 9.18 Å². The third-order valence-corrected chi connectivity index (χ3v) is 1.79. The van der Waals surface area contributed by atoms with Crippen LogP contribution in [0, 0.1) is 5.82 Å². The third-order valence-electron chi connectivity index (χ3n) is 1.34. The molecule has 1 rings (SSSR count). The van der Waals surface area contributed by atoms with Crippen LogP contribution in [-0.2, 0) is 11.2 Å². The van der Waals surface area contributed by atoms with Gasteiger partial charge < -0.3 is 0 Å². The highest BCUT2D eigenvalue weighted by atomic mass is 35.5. The molecule has 0 radical (unpaired) electrons. The molecule has 0 heterocycles. The SMILES string of the molecule is O=C(S)Cc1ccc(F)c(Cl)c1. The van der Waals surface area contributed by atoms with Crippen molar-refractivity contribution in [1.82, 2.24) is 0 Å². The van der Waals surface area contributed by atoms with Crippen LogP contribution >= 0.6 is 24.2 Å². The van der Waals surface area contributed by atoms with E-state index in [0.717, 1.165) is 0 Å². The standard InChI is InChI=1S/C8H6ClFOS/c9-6-3-5(4-8(11)12)1-2-7(6)10/h1-3H,4H2,(H,11,12). The van der Waals surface area contributed by atoms with Gasteiger partial charge in [-0.25, -0.2) is 4.39 Å². The number of thiol groups is 1. The molecule has 0 unspecified atom stereocenters. The molecule has 4 heteroatoms. The highest BCUT2D eigenvalue weighted by Gasteiger charge is 2.02. The van der Waals surface area contributed by atoms with E-state index in [1.54, 1.807) is 0 Å². The van der Waals surface area contributed by atoms with Gasteiger partial charge in [0.25, 0.3) is 0 Å². The maximum atomic E-state index is 12.6. The molecule has 1 aromatic rings. The zero-order valence-electron chi connectivity index (χ0n) is 6.05. The zero-order valence-corrected chi connectivity index (χ0v) is 7.70. The van der Waals surface area contributed by atoms with Gasteiger partial charge in [0, 0.05) is 6.42 Å². The normalized spacial score (nSPS) is 9.92. The van der Waals surface area contributed by atoms with Gasteiger partial charge in [-0.3, -0.25) is 4.79 Å². The van der Waals surface area contributed by atoms with Gasteiger partial charge in [0.2, 0.25) is 0 Å². The Hall–Kier alpha value is -0.540. The molecule has 0 bridgehead atoms. The topological polar surface area (TPSA) is 17.1 Å². The van der Waals surface area contributed by atoms with E-state index < -0.39 is 5.82 Å². The molecule has 12 heavy (non-hydrogen) atoms. The molecule has 0 saturated heterocycles. The minimum atomic E-state index is -0.480. The van der Waals surface area contributed by atoms with Crippen molar-refractivity contribution in [1.29, 1.82) is 0 Å². The van der Waals surface area contributed by atoms with E-state index >= 15 is 0 Å². The van der Waals surface area contributed by atoms with Crippen LogP contribution in [-0.4, -0.2) is 5.12 Å². The first-order valence-electron chi connectivity index (χ1n) is 3.25. The average Bonchev–Trinajstić information content (AvgIpc) is 1.96. The minimum Gasteiger partial charge on any atom is -0.287 e. The summed E-state index contributed by atoms with van der Waals surface area (Å²) in [7, 11) is 0. The fourth-order valence-corrected chi connectivity index (χ4v) is 1.21. The molecule has 0 fully saturated rings. The quantitative estimate of drug-likeness (QED) is 0.733. The van der Waals surface area contributed by atoms with Gasteiger partial charge in [-0.2, -0.15) is 0 Å². The Morgan fingerprint density at radius 3 is 2.75 bits per heavy atom. The van der Waals surface area contributed by atoms with Gasteiger partial charge in [-0.05, 0) is 17.7 Å². The lowest BCUT2D eigenvalue weighted by molar-refractivity contribution is -0.110. The largest absolute Gasteiger partial charge is 0.287 e. The highest BCUT2D eigenvalue weighted by molar-refractivity contribution is 7.96. The maximum Gasteiger partial charge on any atom is 0.190 e. The second-order valence-electron chi connectivity index (χ2n) is 2.32. The number of carbonyl (C=O) groups is 1. The molecule has 1 aromatic carbocycles. The highest BCUT2D eigenvalue weighted by Crippen LogP contribution is 2.16. The number of halogens is 2. The molecular weight excluding hydrogens is 199 g/mol. The number of carbonyl (C=O) groups excluding carboxylic acids is 1. The van der Waals surface area contributed by atoms with E-state index in [2.05, 4.69) is 12.6 Å². The molecule has 0 amide bonds. The van der Waals surface area contributed by atoms with Gasteiger partial charge in [0.05, 0.1) is 5.02 Å². The summed E-state index contributed by atoms with van der Waals surface area (Å²) < 4.78 is 12.6. The van der Waals surface area contributed by atoms with E-state index in [1.165, 1.54) is 18.2 Å². The van der Waals surface area contributed by atoms with Crippen molar-refractivity contribution in [2.45, 2.75) is 6.42 Å². The number of rotatable bonds is 2. The first-order valence-corrected chi connectivity index (χ1v) is 4.08. The monoisotopic (exact) mass is 204 g/mol. The molecule has 0 aromatic heterocycles. The maximum absolute atomic E-state index is 12.6. The summed E-state index contributed by atoms with van der Waals surface area (Å²) in [5.74, 6) is -0.480. The van der Waals surface area contributed by atoms with E-state index in [4.69, 9.17) is 11.6 Å². The molecule has 0 aliphatic rings. The predicted octanol–water partition coefficient (Wildman–Crippen LogP) is 2.48. The van der Waals surface area contributed by atoms with Gasteiger partial charge in [-0.1, -0.05) is 17.7 Å².